The van der Waals surface area contributed by atoms with E-state index in [9.17, 15) is 9.18 Å². The molecule has 0 saturated carbocycles. The molecule has 3 aromatic rings. The third kappa shape index (κ3) is 3.17. The number of nitrogens with zero attached hydrogens (tertiary/aromatic N) is 4. The second kappa shape index (κ2) is 6.62. The maximum atomic E-state index is 13.0. The molecule has 0 N–H and O–H groups in total. The predicted molar refractivity (Wildman–Crippen MR) is 88.3 cm³/mol. The lowest BCUT2D eigenvalue weighted by Crippen LogP contribution is -2.30. The first-order chi connectivity index (χ1) is 11.6. The fourth-order valence-corrected chi connectivity index (χ4v) is 2.35. The highest BCUT2D eigenvalue weighted by atomic mass is 19.1. The molecule has 5 nitrogen and oxygen atoms in total. The van der Waals surface area contributed by atoms with Crippen molar-refractivity contribution in [2.75, 3.05) is 7.05 Å². The van der Waals surface area contributed by atoms with Gasteiger partial charge in [-0.3, -0.25) is 9.78 Å². The molecule has 0 aliphatic carbocycles. The zero-order valence-electron chi connectivity index (χ0n) is 13.4. The highest BCUT2D eigenvalue weighted by molar-refractivity contribution is 5.92. The molecule has 0 saturated heterocycles. The van der Waals surface area contributed by atoms with Crippen molar-refractivity contribution in [2.45, 2.75) is 13.0 Å². The molecule has 0 radical (unpaired) electrons. The Kier molecular flexibility index (Phi) is 4.37. The molecule has 0 spiro atoms. The molecule has 6 heteroatoms. The predicted octanol–water partition coefficient (Wildman–Crippen LogP) is 3.24. The van der Waals surface area contributed by atoms with Gasteiger partial charge in [0, 0.05) is 19.4 Å². The molecule has 0 aliphatic rings. The Morgan fingerprint density at radius 3 is 2.58 bits per heavy atom. The Morgan fingerprint density at radius 1 is 1.17 bits per heavy atom. The van der Waals surface area contributed by atoms with E-state index in [1.165, 1.54) is 12.1 Å². The smallest absolute Gasteiger partial charge is 0.274 e. The molecule has 0 bridgehead atoms. The minimum absolute atomic E-state index is 0.172. The molecular formula is C18H17FN4O. The lowest BCUT2D eigenvalue weighted by molar-refractivity contribution is 0.0733. The fraction of sp³-hybridized carbons (Fsp3) is 0.167. The van der Waals surface area contributed by atoms with Crippen LogP contribution in [0.3, 0.4) is 0 Å². The second-order valence-electron chi connectivity index (χ2n) is 5.47. The summed E-state index contributed by atoms with van der Waals surface area (Å²) in [5.74, 6) is -0.514. The molecule has 2 aromatic heterocycles. The molecule has 0 unspecified atom stereocenters. The van der Waals surface area contributed by atoms with Crippen molar-refractivity contribution in [1.82, 2.24) is 19.7 Å². The summed E-state index contributed by atoms with van der Waals surface area (Å²) in [6.07, 6.45) is 3.38. The summed E-state index contributed by atoms with van der Waals surface area (Å²) in [5, 5.41) is 4.29. The van der Waals surface area contributed by atoms with Crippen LogP contribution in [0.2, 0.25) is 0 Å². The Labute approximate surface area is 139 Å². The van der Waals surface area contributed by atoms with Gasteiger partial charge in [-0.15, -0.1) is 0 Å². The van der Waals surface area contributed by atoms with Crippen LogP contribution in [-0.2, 0) is 0 Å². The molecule has 2 heterocycles. The van der Waals surface area contributed by atoms with Crippen LogP contribution in [0.1, 0.15) is 29.1 Å². The summed E-state index contributed by atoms with van der Waals surface area (Å²) in [7, 11) is 1.72. The van der Waals surface area contributed by atoms with E-state index < -0.39 is 0 Å². The molecule has 1 amide bonds. The zero-order valence-corrected chi connectivity index (χ0v) is 13.4. The fourth-order valence-electron chi connectivity index (χ4n) is 2.35. The van der Waals surface area contributed by atoms with E-state index in [0.717, 1.165) is 5.69 Å². The summed E-state index contributed by atoms with van der Waals surface area (Å²) < 4.78 is 14.5. The van der Waals surface area contributed by atoms with Gasteiger partial charge in [0.25, 0.3) is 5.91 Å². The zero-order chi connectivity index (χ0) is 17.1. The van der Waals surface area contributed by atoms with Crippen LogP contribution in [0.25, 0.3) is 5.69 Å². The minimum Gasteiger partial charge on any atom is -0.332 e. The van der Waals surface area contributed by atoms with Crippen molar-refractivity contribution < 1.29 is 9.18 Å². The van der Waals surface area contributed by atoms with E-state index in [2.05, 4.69) is 10.1 Å². The van der Waals surface area contributed by atoms with Crippen molar-refractivity contribution in [3.8, 4) is 5.69 Å². The average molecular weight is 324 g/mol. The SMILES string of the molecule is C[C@@H](c1ccccn1)N(C)C(=O)c1ccn(-c2ccc(F)cc2)n1. The molecule has 122 valence electrons. The van der Waals surface area contributed by atoms with E-state index >= 15 is 0 Å². The third-order valence-corrected chi connectivity index (χ3v) is 3.92. The topological polar surface area (TPSA) is 51.0 Å². The van der Waals surface area contributed by atoms with Crippen LogP contribution in [0.15, 0.2) is 60.9 Å². The third-order valence-electron chi connectivity index (χ3n) is 3.92. The summed E-state index contributed by atoms with van der Waals surface area (Å²) in [6.45, 7) is 1.91. The van der Waals surface area contributed by atoms with Gasteiger partial charge in [-0.1, -0.05) is 6.07 Å². The highest BCUT2D eigenvalue weighted by Gasteiger charge is 2.21. The molecule has 1 aromatic carbocycles. The lowest BCUT2D eigenvalue weighted by Gasteiger charge is -2.23. The standard InChI is InChI=1S/C18H17FN4O/c1-13(16-5-3-4-11-20-16)22(2)18(24)17-10-12-23(21-17)15-8-6-14(19)7-9-15/h3-13H,1-2H3/t13-/m0/s1. The van der Waals surface area contributed by atoms with Gasteiger partial charge in [-0.2, -0.15) is 5.10 Å². The number of amides is 1. The maximum absolute atomic E-state index is 13.0. The first kappa shape index (κ1) is 15.9. The summed E-state index contributed by atoms with van der Waals surface area (Å²) in [5.41, 5.74) is 1.83. The van der Waals surface area contributed by atoms with Gasteiger partial charge in [-0.25, -0.2) is 9.07 Å². The van der Waals surface area contributed by atoms with Gasteiger partial charge in [-0.05, 0) is 49.4 Å². The number of aromatic nitrogens is 3. The number of carbonyl (C=O) groups excluding carboxylic acids is 1. The van der Waals surface area contributed by atoms with Crippen molar-refractivity contribution in [3.63, 3.8) is 0 Å². The molecular weight excluding hydrogens is 307 g/mol. The van der Waals surface area contributed by atoms with Crippen LogP contribution in [-0.4, -0.2) is 32.6 Å². The van der Waals surface area contributed by atoms with E-state index in [1.54, 1.807) is 47.2 Å². The van der Waals surface area contributed by atoms with Crippen LogP contribution in [0.5, 0.6) is 0 Å². The average Bonchev–Trinajstić information content (AvgIpc) is 3.11. The Balaban J connectivity index is 1.79. The van der Waals surface area contributed by atoms with E-state index in [0.29, 0.717) is 11.4 Å². The number of rotatable bonds is 4. The lowest BCUT2D eigenvalue weighted by atomic mass is 10.2. The van der Waals surface area contributed by atoms with Crippen molar-refractivity contribution in [2.24, 2.45) is 0 Å². The van der Waals surface area contributed by atoms with Crippen molar-refractivity contribution in [1.29, 1.82) is 0 Å². The number of benzene rings is 1. The first-order valence-electron chi connectivity index (χ1n) is 7.56. The molecule has 3 rings (SSSR count). The highest BCUT2D eigenvalue weighted by Crippen LogP contribution is 2.18. The van der Waals surface area contributed by atoms with Crippen molar-refractivity contribution in [3.05, 3.63) is 78.1 Å². The van der Waals surface area contributed by atoms with E-state index in [4.69, 9.17) is 0 Å². The van der Waals surface area contributed by atoms with Gasteiger partial charge in [0.15, 0.2) is 5.69 Å². The van der Waals surface area contributed by atoms with Crippen LogP contribution < -0.4 is 0 Å². The van der Waals surface area contributed by atoms with Crippen molar-refractivity contribution >= 4 is 5.91 Å². The number of hydrogen-bond donors (Lipinski definition) is 0. The Hall–Kier alpha value is -3.02. The van der Waals surface area contributed by atoms with Gasteiger partial charge in [0.05, 0.1) is 17.4 Å². The molecule has 1 atom stereocenters. The number of hydrogen-bond acceptors (Lipinski definition) is 3. The van der Waals surface area contributed by atoms with E-state index in [1.807, 2.05) is 25.1 Å². The minimum atomic E-state index is -0.314. The van der Waals surface area contributed by atoms with Gasteiger partial charge < -0.3 is 4.90 Å². The molecule has 24 heavy (non-hydrogen) atoms. The van der Waals surface area contributed by atoms with Crippen LogP contribution >= 0.6 is 0 Å². The normalized spacial score (nSPS) is 12.0. The first-order valence-corrected chi connectivity index (χ1v) is 7.56. The second-order valence-corrected chi connectivity index (χ2v) is 5.47. The summed E-state index contributed by atoms with van der Waals surface area (Å²) in [6, 6.07) is 13.0. The summed E-state index contributed by atoms with van der Waals surface area (Å²) in [4.78, 5) is 18.5. The van der Waals surface area contributed by atoms with Gasteiger partial charge in [0.1, 0.15) is 5.82 Å². The van der Waals surface area contributed by atoms with Gasteiger partial charge in [0.2, 0.25) is 0 Å². The number of halogens is 1. The largest absolute Gasteiger partial charge is 0.332 e. The quantitative estimate of drug-likeness (QED) is 0.740. The number of carbonyl (C=O) groups is 1. The van der Waals surface area contributed by atoms with Crippen LogP contribution in [0.4, 0.5) is 4.39 Å². The Bertz CT molecular complexity index is 830. The molecule has 0 fully saturated rings. The maximum Gasteiger partial charge on any atom is 0.274 e. The number of pyridine rings is 1. The monoisotopic (exact) mass is 324 g/mol. The van der Waals surface area contributed by atoms with E-state index in [-0.39, 0.29) is 17.8 Å². The Morgan fingerprint density at radius 2 is 1.92 bits per heavy atom. The molecule has 0 aliphatic heterocycles. The van der Waals surface area contributed by atoms with Gasteiger partial charge >= 0.3 is 0 Å². The summed E-state index contributed by atoms with van der Waals surface area (Å²) >= 11 is 0. The van der Waals surface area contributed by atoms with Crippen LogP contribution in [0, 0.1) is 5.82 Å².